The summed E-state index contributed by atoms with van der Waals surface area (Å²) in [5.41, 5.74) is 0. The van der Waals surface area contributed by atoms with Crippen LogP contribution in [0.4, 0.5) is 4.39 Å². The highest BCUT2D eigenvalue weighted by atomic mass is 19.1. The third-order valence-electron chi connectivity index (χ3n) is 1.36. The molecule has 0 aromatic carbocycles. The predicted octanol–water partition coefficient (Wildman–Crippen LogP) is 1.75. The van der Waals surface area contributed by atoms with E-state index in [1.54, 1.807) is 0 Å². The van der Waals surface area contributed by atoms with E-state index in [4.69, 9.17) is 0 Å². The van der Waals surface area contributed by atoms with E-state index in [1.165, 1.54) is 0 Å². The standard InChI is InChI=1S/C5H9F/c1-2-4-3-5(4)6/h4-5H,2-3H2,1H3/t4-,5-/m0/s1. The van der Waals surface area contributed by atoms with Gasteiger partial charge >= 0.3 is 0 Å². The zero-order valence-corrected chi connectivity index (χ0v) is 3.95. The molecule has 2 atom stereocenters. The normalized spacial score (nSPS) is 43.0. The van der Waals surface area contributed by atoms with Gasteiger partial charge in [-0.3, -0.25) is 0 Å². The van der Waals surface area contributed by atoms with Crippen molar-refractivity contribution in [2.24, 2.45) is 5.92 Å². The third-order valence-corrected chi connectivity index (χ3v) is 1.36. The average molecular weight is 88.1 g/mol. The minimum Gasteiger partial charge on any atom is -0.247 e. The zero-order chi connectivity index (χ0) is 4.57. The van der Waals surface area contributed by atoms with Crippen LogP contribution in [0.5, 0.6) is 0 Å². The maximum Gasteiger partial charge on any atom is 0.103 e. The molecule has 0 radical (unpaired) electrons. The fourth-order valence-corrected chi connectivity index (χ4v) is 0.633. The molecule has 1 heteroatoms. The van der Waals surface area contributed by atoms with Crippen molar-refractivity contribution < 1.29 is 4.39 Å². The molecule has 0 nitrogen and oxygen atoms in total. The van der Waals surface area contributed by atoms with Gasteiger partial charge in [-0.05, 0) is 12.3 Å². The molecular weight excluding hydrogens is 79.1 g/mol. The van der Waals surface area contributed by atoms with Gasteiger partial charge in [-0.2, -0.15) is 0 Å². The Hall–Kier alpha value is -0.0700. The van der Waals surface area contributed by atoms with Crippen LogP contribution in [0.15, 0.2) is 0 Å². The van der Waals surface area contributed by atoms with Crippen molar-refractivity contribution in [1.82, 2.24) is 0 Å². The molecule has 1 aliphatic rings. The highest BCUT2D eigenvalue weighted by Crippen LogP contribution is 2.35. The maximum absolute atomic E-state index is 11.8. The molecule has 36 valence electrons. The molecule has 1 rings (SSSR count). The van der Waals surface area contributed by atoms with Crippen LogP contribution in [0.2, 0.25) is 0 Å². The van der Waals surface area contributed by atoms with Crippen LogP contribution in [-0.4, -0.2) is 6.17 Å². The molecule has 0 aliphatic heterocycles. The van der Waals surface area contributed by atoms with Crippen LogP contribution in [0.25, 0.3) is 0 Å². The molecule has 6 heavy (non-hydrogen) atoms. The molecule has 1 saturated carbocycles. The van der Waals surface area contributed by atoms with Crippen molar-refractivity contribution in [2.45, 2.75) is 25.9 Å². The van der Waals surface area contributed by atoms with Crippen molar-refractivity contribution in [3.05, 3.63) is 0 Å². The molecule has 0 spiro atoms. The molecule has 1 aliphatic carbocycles. The summed E-state index contributed by atoms with van der Waals surface area (Å²) >= 11 is 0. The Morgan fingerprint density at radius 1 is 1.83 bits per heavy atom. The third kappa shape index (κ3) is 0.537. The molecule has 0 heterocycles. The molecule has 0 N–H and O–H groups in total. The van der Waals surface area contributed by atoms with Crippen LogP contribution >= 0.6 is 0 Å². The first-order chi connectivity index (χ1) is 2.84. The number of hydrogen-bond acceptors (Lipinski definition) is 0. The number of hydrogen-bond donors (Lipinski definition) is 0. The van der Waals surface area contributed by atoms with Crippen LogP contribution in [0.3, 0.4) is 0 Å². The van der Waals surface area contributed by atoms with Gasteiger partial charge in [0.05, 0.1) is 0 Å². The second-order valence-electron chi connectivity index (χ2n) is 1.92. The molecule has 0 bridgehead atoms. The topological polar surface area (TPSA) is 0 Å². The molecule has 0 aromatic heterocycles. The fourth-order valence-electron chi connectivity index (χ4n) is 0.633. The monoisotopic (exact) mass is 88.1 g/mol. The Labute approximate surface area is 37.4 Å². The Bertz CT molecular complexity index is 49.9. The van der Waals surface area contributed by atoms with Crippen LogP contribution in [0.1, 0.15) is 19.8 Å². The number of alkyl halides is 1. The van der Waals surface area contributed by atoms with E-state index < -0.39 is 6.17 Å². The number of rotatable bonds is 1. The summed E-state index contributed by atoms with van der Waals surface area (Å²) in [5.74, 6) is 0.435. The summed E-state index contributed by atoms with van der Waals surface area (Å²) in [6, 6.07) is 0. The predicted molar refractivity (Wildman–Crippen MR) is 23.3 cm³/mol. The van der Waals surface area contributed by atoms with E-state index in [9.17, 15) is 4.39 Å². The lowest BCUT2D eigenvalue weighted by Gasteiger charge is -1.76. The van der Waals surface area contributed by atoms with E-state index in [1.807, 2.05) is 6.92 Å². The largest absolute Gasteiger partial charge is 0.247 e. The second kappa shape index (κ2) is 1.21. The van der Waals surface area contributed by atoms with E-state index in [0.717, 1.165) is 12.8 Å². The smallest absolute Gasteiger partial charge is 0.103 e. The highest BCUT2D eigenvalue weighted by molar-refractivity contribution is 4.84. The molecule has 0 amide bonds. The fraction of sp³-hybridized carbons (Fsp3) is 1.00. The summed E-state index contributed by atoms with van der Waals surface area (Å²) < 4.78 is 11.8. The lowest BCUT2D eigenvalue weighted by molar-refractivity contribution is 0.442. The van der Waals surface area contributed by atoms with Gasteiger partial charge in [-0.1, -0.05) is 13.3 Å². The Morgan fingerprint density at radius 2 is 2.33 bits per heavy atom. The minimum atomic E-state index is -0.435. The minimum absolute atomic E-state index is 0.435. The van der Waals surface area contributed by atoms with Gasteiger partial charge in [0.15, 0.2) is 0 Å². The quantitative estimate of drug-likeness (QED) is 0.458. The first kappa shape index (κ1) is 4.10. The second-order valence-corrected chi connectivity index (χ2v) is 1.92. The lowest BCUT2D eigenvalue weighted by Crippen LogP contribution is -1.72. The Morgan fingerprint density at radius 3 is 2.33 bits per heavy atom. The Balaban J connectivity index is 2.09. The summed E-state index contributed by atoms with van der Waals surface area (Å²) in [7, 11) is 0. The highest BCUT2D eigenvalue weighted by Gasteiger charge is 2.34. The van der Waals surface area contributed by atoms with Gasteiger partial charge < -0.3 is 0 Å². The van der Waals surface area contributed by atoms with Gasteiger partial charge in [0.1, 0.15) is 6.17 Å². The van der Waals surface area contributed by atoms with Crippen molar-refractivity contribution >= 4 is 0 Å². The lowest BCUT2D eigenvalue weighted by atomic mass is 10.3. The molecule has 1 fully saturated rings. The Kier molecular flexibility index (Phi) is 0.827. The van der Waals surface area contributed by atoms with E-state index in [-0.39, 0.29) is 0 Å². The van der Waals surface area contributed by atoms with E-state index in [2.05, 4.69) is 0 Å². The molecule has 0 saturated heterocycles. The summed E-state index contributed by atoms with van der Waals surface area (Å²) in [5, 5.41) is 0. The first-order valence-corrected chi connectivity index (χ1v) is 2.48. The van der Waals surface area contributed by atoms with E-state index >= 15 is 0 Å². The zero-order valence-electron chi connectivity index (χ0n) is 3.95. The maximum atomic E-state index is 11.8. The van der Waals surface area contributed by atoms with Crippen molar-refractivity contribution in [2.75, 3.05) is 0 Å². The van der Waals surface area contributed by atoms with Crippen LogP contribution in [0, 0.1) is 5.92 Å². The summed E-state index contributed by atoms with van der Waals surface area (Å²) in [6.45, 7) is 2.03. The SMILES string of the molecule is CC[C@H]1C[C@@H]1F. The number of halogens is 1. The first-order valence-electron chi connectivity index (χ1n) is 2.48. The van der Waals surface area contributed by atoms with Gasteiger partial charge in [0.25, 0.3) is 0 Å². The van der Waals surface area contributed by atoms with E-state index in [0.29, 0.717) is 5.92 Å². The summed E-state index contributed by atoms with van der Waals surface area (Å²) in [4.78, 5) is 0. The summed E-state index contributed by atoms with van der Waals surface area (Å²) in [6.07, 6.45) is 1.42. The molecule has 0 aromatic rings. The van der Waals surface area contributed by atoms with Crippen LogP contribution < -0.4 is 0 Å². The molecular formula is C5H9F. The van der Waals surface area contributed by atoms with Gasteiger partial charge in [0, 0.05) is 0 Å². The van der Waals surface area contributed by atoms with Crippen molar-refractivity contribution in [3.63, 3.8) is 0 Å². The van der Waals surface area contributed by atoms with Crippen LogP contribution in [-0.2, 0) is 0 Å². The van der Waals surface area contributed by atoms with Gasteiger partial charge in [-0.25, -0.2) is 4.39 Å². The molecule has 0 unspecified atom stereocenters. The van der Waals surface area contributed by atoms with Gasteiger partial charge in [-0.15, -0.1) is 0 Å². The average Bonchev–Trinajstić information content (AvgIpc) is 2.19. The van der Waals surface area contributed by atoms with Crippen molar-refractivity contribution in [1.29, 1.82) is 0 Å². The van der Waals surface area contributed by atoms with Gasteiger partial charge in [0.2, 0.25) is 0 Å². The van der Waals surface area contributed by atoms with Crippen molar-refractivity contribution in [3.8, 4) is 0 Å².